The minimum absolute atomic E-state index is 0.0176. The smallest absolute Gasteiger partial charge is 0.251 e. The number of hydrogen-bond acceptors (Lipinski definition) is 2. The van der Waals surface area contributed by atoms with Crippen molar-refractivity contribution in [2.24, 2.45) is 0 Å². The molecule has 1 aliphatic rings. The second-order valence-corrected chi connectivity index (χ2v) is 9.22. The van der Waals surface area contributed by atoms with Crippen LogP contribution in [-0.4, -0.2) is 36.5 Å². The summed E-state index contributed by atoms with van der Waals surface area (Å²) in [5, 5.41) is 3.06. The van der Waals surface area contributed by atoms with Gasteiger partial charge >= 0.3 is 0 Å². The Morgan fingerprint density at radius 1 is 0.941 bits per heavy atom. The molecule has 34 heavy (non-hydrogen) atoms. The van der Waals surface area contributed by atoms with Crippen molar-refractivity contribution >= 4 is 5.91 Å². The van der Waals surface area contributed by atoms with Gasteiger partial charge in [-0.05, 0) is 92.1 Å². The number of halogens is 1. The zero-order valence-electron chi connectivity index (χ0n) is 20.1. The lowest BCUT2D eigenvalue weighted by Gasteiger charge is -2.35. The van der Waals surface area contributed by atoms with Gasteiger partial charge in [-0.15, -0.1) is 0 Å². The number of benzene rings is 3. The first-order valence-electron chi connectivity index (χ1n) is 12.6. The van der Waals surface area contributed by atoms with Gasteiger partial charge in [0.1, 0.15) is 5.82 Å². The molecule has 3 nitrogen and oxygen atoms in total. The first kappa shape index (κ1) is 24.2. The zero-order valence-corrected chi connectivity index (χ0v) is 20.1. The minimum atomic E-state index is -0.0524. The topological polar surface area (TPSA) is 32.3 Å². The third-order valence-electron chi connectivity index (χ3n) is 6.84. The van der Waals surface area contributed by atoms with E-state index in [1.54, 1.807) is 6.07 Å². The van der Waals surface area contributed by atoms with Crippen molar-refractivity contribution in [2.75, 3.05) is 19.6 Å². The van der Waals surface area contributed by atoms with Crippen LogP contribution in [0.2, 0.25) is 0 Å². The van der Waals surface area contributed by atoms with E-state index in [9.17, 15) is 9.18 Å². The van der Waals surface area contributed by atoms with Crippen LogP contribution in [0.1, 0.15) is 54.1 Å². The molecule has 1 atom stereocenters. The summed E-state index contributed by atoms with van der Waals surface area (Å²) in [4.78, 5) is 15.1. The molecule has 4 rings (SSSR count). The fraction of sp³-hybridized carbons (Fsp3) is 0.367. The Bertz CT molecular complexity index is 1060. The van der Waals surface area contributed by atoms with E-state index in [0.717, 1.165) is 68.3 Å². The lowest BCUT2D eigenvalue weighted by atomic mass is 9.87. The molecule has 1 amide bonds. The van der Waals surface area contributed by atoms with Crippen molar-refractivity contribution in [3.8, 4) is 11.1 Å². The fourth-order valence-electron chi connectivity index (χ4n) is 5.01. The Morgan fingerprint density at radius 2 is 1.71 bits per heavy atom. The predicted octanol–water partition coefficient (Wildman–Crippen LogP) is 6.27. The van der Waals surface area contributed by atoms with Gasteiger partial charge in [0.2, 0.25) is 0 Å². The number of amides is 1. The molecule has 0 bridgehead atoms. The van der Waals surface area contributed by atoms with Crippen LogP contribution in [0.25, 0.3) is 11.1 Å². The molecular weight excluding hydrogens is 423 g/mol. The number of carbonyl (C=O) groups is 1. The first-order valence-corrected chi connectivity index (χ1v) is 12.6. The minimum Gasteiger partial charge on any atom is -0.352 e. The fourth-order valence-corrected chi connectivity index (χ4v) is 5.01. The van der Waals surface area contributed by atoms with E-state index in [4.69, 9.17) is 0 Å². The Morgan fingerprint density at radius 3 is 2.47 bits per heavy atom. The van der Waals surface area contributed by atoms with E-state index in [1.807, 2.05) is 48.5 Å². The lowest BCUT2D eigenvalue weighted by Crippen LogP contribution is -2.40. The standard InChI is InChI=1S/C30H35FN2O/c1-2-20-33(27-17-18-28-26(22-27)11-8-12-29(28)31)21-7-6-19-32-30(34)25-15-13-24(14-16-25)23-9-4-3-5-10-23/h3-5,8-16,27H,2,6-7,17-22H2,1H3,(H,32,34)/t27-/m1/s1. The molecule has 0 spiro atoms. The largest absolute Gasteiger partial charge is 0.352 e. The second-order valence-electron chi connectivity index (χ2n) is 9.22. The van der Waals surface area contributed by atoms with Crippen LogP contribution in [0.4, 0.5) is 4.39 Å². The molecule has 0 radical (unpaired) electrons. The van der Waals surface area contributed by atoms with Gasteiger partial charge in [0, 0.05) is 18.2 Å². The van der Waals surface area contributed by atoms with E-state index in [1.165, 1.54) is 5.56 Å². The molecule has 0 fully saturated rings. The van der Waals surface area contributed by atoms with Gasteiger partial charge < -0.3 is 10.2 Å². The number of rotatable bonds is 10. The summed E-state index contributed by atoms with van der Waals surface area (Å²) >= 11 is 0. The predicted molar refractivity (Wildman–Crippen MR) is 138 cm³/mol. The summed E-state index contributed by atoms with van der Waals surface area (Å²) in [6.45, 7) is 4.98. The van der Waals surface area contributed by atoms with Gasteiger partial charge in [-0.3, -0.25) is 4.79 Å². The average Bonchev–Trinajstić information content (AvgIpc) is 2.88. The number of unbranched alkanes of at least 4 members (excludes halogenated alkanes) is 1. The third-order valence-corrected chi connectivity index (χ3v) is 6.84. The summed E-state index contributed by atoms with van der Waals surface area (Å²) in [6, 6.07) is 23.9. The van der Waals surface area contributed by atoms with E-state index < -0.39 is 0 Å². The van der Waals surface area contributed by atoms with Gasteiger partial charge in [-0.1, -0.05) is 61.5 Å². The van der Waals surface area contributed by atoms with Crippen LogP contribution in [0.5, 0.6) is 0 Å². The highest BCUT2D eigenvalue weighted by molar-refractivity contribution is 5.94. The molecule has 0 heterocycles. The summed E-state index contributed by atoms with van der Waals surface area (Å²) in [6.07, 6.45) is 5.88. The maximum atomic E-state index is 14.1. The summed E-state index contributed by atoms with van der Waals surface area (Å²) < 4.78 is 14.1. The highest BCUT2D eigenvalue weighted by atomic mass is 19.1. The Labute approximate surface area is 203 Å². The molecule has 0 unspecified atom stereocenters. The van der Waals surface area contributed by atoms with E-state index in [2.05, 4.69) is 35.3 Å². The van der Waals surface area contributed by atoms with Crippen molar-refractivity contribution in [2.45, 2.75) is 51.5 Å². The van der Waals surface area contributed by atoms with Crippen LogP contribution < -0.4 is 5.32 Å². The van der Waals surface area contributed by atoms with Gasteiger partial charge in [-0.25, -0.2) is 4.39 Å². The Kier molecular flexibility index (Phi) is 8.48. The van der Waals surface area contributed by atoms with Gasteiger partial charge in [0.05, 0.1) is 0 Å². The third kappa shape index (κ3) is 6.12. The van der Waals surface area contributed by atoms with E-state index in [-0.39, 0.29) is 11.7 Å². The molecule has 0 saturated heterocycles. The molecule has 4 heteroatoms. The maximum Gasteiger partial charge on any atom is 0.251 e. The summed E-state index contributed by atoms with van der Waals surface area (Å²) in [5.41, 5.74) is 5.04. The van der Waals surface area contributed by atoms with Crippen LogP contribution >= 0.6 is 0 Å². The van der Waals surface area contributed by atoms with E-state index in [0.29, 0.717) is 18.2 Å². The molecule has 3 aromatic rings. The highest BCUT2D eigenvalue weighted by Crippen LogP contribution is 2.27. The Balaban J connectivity index is 1.22. The molecular formula is C30H35FN2O. The van der Waals surface area contributed by atoms with Crippen molar-refractivity contribution in [3.63, 3.8) is 0 Å². The molecule has 1 N–H and O–H groups in total. The van der Waals surface area contributed by atoms with Gasteiger partial charge in [0.25, 0.3) is 5.91 Å². The first-order chi connectivity index (χ1) is 16.7. The van der Waals surface area contributed by atoms with E-state index >= 15 is 0 Å². The van der Waals surface area contributed by atoms with Crippen LogP contribution in [-0.2, 0) is 12.8 Å². The van der Waals surface area contributed by atoms with Crippen molar-refractivity contribution in [1.82, 2.24) is 10.2 Å². The van der Waals surface area contributed by atoms with Gasteiger partial charge in [-0.2, -0.15) is 0 Å². The monoisotopic (exact) mass is 458 g/mol. The van der Waals surface area contributed by atoms with Crippen molar-refractivity contribution in [1.29, 1.82) is 0 Å². The molecule has 1 aliphatic carbocycles. The molecule has 0 saturated carbocycles. The Hall–Kier alpha value is -2.98. The van der Waals surface area contributed by atoms with Crippen molar-refractivity contribution in [3.05, 3.63) is 95.3 Å². The lowest BCUT2D eigenvalue weighted by molar-refractivity contribution is 0.0952. The molecule has 0 aliphatic heterocycles. The second kappa shape index (κ2) is 11.9. The summed E-state index contributed by atoms with van der Waals surface area (Å²) in [7, 11) is 0. The SMILES string of the molecule is CCCN(CCCCNC(=O)c1ccc(-c2ccccc2)cc1)[C@@H]1CCc2c(F)cccc2C1. The zero-order chi connectivity index (χ0) is 23.8. The number of nitrogens with zero attached hydrogens (tertiary/aromatic N) is 1. The number of nitrogens with one attached hydrogen (secondary N) is 1. The molecule has 3 aromatic carbocycles. The van der Waals surface area contributed by atoms with Crippen molar-refractivity contribution < 1.29 is 9.18 Å². The maximum absolute atomic E-state index is 14.1. The van der Waals surface area contributed by atoms with Crippen LogP contribution in [0, 0.1) is 5.82 Å². The number of fused-ring (bicyclic) bond motifs is 1. The highest BCUT2D eigenvalue weighted by Gasteiger charge is 2.25. The molecule has 0 aromatic heterocycles. The number of hydrogen-bond donors (Lipinski definition) is 1. The average molecular weight is 459 g/mol. The van der Waals surface area contributed by atoms with Crippen LogP contribution in [0.3, 0.4) is 0 Å². The number of carbonyl (C=O) groups excluding carboxylic acids is 1. The molecule has 178 valence electrons. The normalized spacial score (nSPS) is 15.2. The quantitative estimate of drug-likeness (QED) is 0.363. The van der Waals surface area contributed by atoms with Crippen LogP contribution in [0.15, 0.2) is 72.8 Å². The van der Waals surface area contributed by atoms with Gasteiger partial charge in [0.15, 0.2) is 0 Å². The summed E-state index contributed by atoms with van der Waals surface area (Å²) in [5.74, 6) is -0.0700.